The van der Waals surface area contributed by atoms with Gasteiger partial charge in [-0.25, -0.2) is 0 Å². The van der Waals surface area contributed by atoms with E-state index in [1.165, 1.54) is 70.7 Å². The minimum Gasteiger partial charge on any atom is -0.456 e. The molecular formula is C52H33NO. The average molecular weight is 688 g/mol. The second-order valence-corrected chi connectivity index (χ2v) is 14.0. The Hall–Kier alpha value is -7.16. The van der Waals surface area contributed by atoms with Crippen LogP contribution in [-0.2, 0) is 0 Å². The van der Waals surface area contributed by atoms with E-state index in [1.54, 1.807) is 0 Å². The molecule has 0 saturated heterocycles. The molecule has 0 spiro atoms. The second kappa shape index (κ2) is 12.2. The van der Waals surface area contributed by atoms with Gasteiger partial charge in [0, 0.05) is 32.6 Å². The zero-order valence-corrected chi connectivity index (χ0v) is 29.4. The van der Waals surface area contributed by atoms with Crippen molar-refractivity contribution in [3.8, 4) is 22.3 Å². The summed E-state index contributed by atoms with van der Waals surface area (Å²) in [4.78, 5) is 2.46. The first-order chi connectivity index (χ1) is 26.8. The maximum Gasteiger partial charge on any atom is 0.136 e. The minimum atomic E-state index is 0.913. The molecule has 0 saturated carbocycles. The fourth-order valence-electron chi connectivity index (χ4n) is 8.57. The smallest absolute Gasteiger partial charge is 0.136 e. The van der Waals surface area contributed by atoms with Gasteiger partial charge in [0.15, 0.2) is 0 Å². The van der Waals surface area contributed by atoms with E-state index in [1.807, 2.05) is 6.07 Å². The predicted molar refractivity (Wildman–Crippen MR) is 229 cm³/mol. The lowest BCUT2D eigenvalue weighted by molar-refractivity contribution is 0.669. The molecular weight excluding hydrogens is 655 g/mol. The Morgan fingerprint density at radius 1 is 0.278 bits per heavy atom. The minimum absolute atomic E-state index is 0.913. The summed E-state index contributed by atoms with van der Waals surface area (Å²) in [6.45, 7) is 0. The molecule has 1 aromatic heterocycles. The molecule has 11 rings (SSSR count). The molecule has 0 radical (unpaired) electrons. The monoisotopic (exact) mass is 687 g/mol. The molecule has 0 aliphatic rings. The first kappa shape index (κ1) is 30.5. The molecule has 0 bridgehead atoms. The molecule has 0 amide bonds. The third-order valence-electron chi connectivity index (χ3n) is 11.0. The Kier molecular flexibility index (Phi) is 6.90. The summed E-state index contributed by atoms with van der Waals surface area (Å²) in [6.07, 6.45) is 0. The van der Waals surface area contributed by atoms with Crippen molar-refractivity contribution in [1.29, 1.82) is 0 Å². The van der Waals surface area contributed by atoms with Crippen LogP contribution in [0.25, 0.3) is 87.3 Å². The second-order valence-electron chi connectivity index (χ2n) is 14.0. The number of furan rings is 1. The number of nitrogens with zero attached hydrogens (tertiary/aromatic N) is 1. The highest BCUT2D eigenvalue weighted by atomic mass is 16.3. The lowest BCUT2D eigenvalue weighted by Gasteiger charge is -2.29. The predicted octanol–water partition coefficient (Wildman–Crippen LogP) is 15.0. The van der Waals surface area contributed by atoms with Gasteiger partial charge in [-0.15, -0.1) is 0 Å². The van der Waals surface area contributed by atoms with Gasteiger partial charge in [0.25, 0.3) is 0 Å². The zero-order chi connectivity index (χ0) is 35.6. The van der Waals surface area contributed by atoms with Gasteiger partial charge in [0.2, 0.25) is 0 Å². The van der Waals surface area contributed by atoms with Crippen LogP contribution in [0.4, 0.5) is 17.1 Å². The Balaban J connectivity index is 1.15. The van der Waals surface area contributed by atoms with Crippen LogP contribution in [0.15, 0.2) is 205 Å². The molecule has 54 heavy (non-hydrogen) atoms. The van der Waals surface area contributed by atoms with Crippen LogP contribution in [-0.4, -0.2) is 0 Å². The number of benzene rings is 10. The molecule has 2 nitrogen and oxygen atoms in total. The highest BCUT2D eigenvalue weighted by molar-refractivity contribution is 6.36. The van der Waals surface area contributed by atoms with Gasteiger partial charge >= 0.3 is 0 Å². The summed E-state index contributed by atoms with van der Waals surface area (Å²) in [6, 6.07) is 72.2. The van der Waals surface area contributed by atoms with E-state index in [-0.39, 0.29) is 0 Å². The molecule has 11 aromatic rings. The van der Waals surface area contributed by atoms with Gasteiger partial charge < -0.3 is 9.32 Å². The number of fused-ring (bicyclic) bond motifs is 11. The molecule has 0 aliphatic carbocycles. The number of hydrogen-bond acceptors (Lipinski definition) is 2. The molecule has 1 heterocycles. The van der Waals surface area contributed by atoms with Crippen LogP contribution < -0.4 is 4.90 Å². The van der Waals surface area contributed by atoms with Crippen molar-refractivity contribution in [2.75, 3.05) is 4.90 Å². The van der Waals surface area contributed by atoms with Crippen molar-refractivity contribution >= 4 is 82.1 Å². The van der Waals surface area contributed by atoms with Crippen LogP contribution in [0.3, 0.4) is 0 Å². The van der Waals surface area contributed by atoms with Gasteiger partial charge in [-0.05, 0) is 91.6 Å². The summed E-state index contributed by atoms with van der Waals surface area (Å²) in [7, 11) is 0. The summed E-state index contributed by atoms with van der Waals surface area (Å²) < 4.78 is 6.40. The molecule has 0 fully saturated rings. The maximum atomic E-state index is 6.40. The first-order valence-corrected chi connectivity index (χ1v) is 18.5. The Morgan fingerprint density at radius 3 is 1.52 bits per heavy atom. The summed E-state index contributed by atoms with van der Waals surface area (Å²) in [5.74, 6) is 0. The van der Waals surface area contributed by atoms with E-state index in [0.717, 1.165) is 33.6 Å². The lowest BCUT2D eigenvalue weighted by Crippen LogP contribution is -2.11. The fourth-order valence-corrected chi connectivity index (χ4v) is 8.57. The molecule has 10 aromatic carbocycles. The van der Waals surface area contributed by atoms with Crippen LogP contribution >= 0.6 is 0 Å². The van der Waals surface area contributed by atoms with Gasteiger partial charge in [0.1, 0.15) is 11.2 Å². The van der Waals surface area contributed by atoms with E-state index in [0.29, 0.717) is 0 Å². The van der Waals surface area contributed by atoms with Crippen LogP contribution in [0, 0.1) is 0 Å². The van der Waals surface area contributed by atoms with E-state index in [9.17, 15) is 0 Å². The van der Waals surface area contributed by atoms with Gasteiger partial charge in [-0.1, -0.05) is 158 Å². The molecule has 0 N–H and O–H groups in total. The SMILES string of the molecule is c1ccc(-c2ccc(-c3ccc(N(c4cccc5ccccc45)c4cccc5c6ccc7oc8ccccc8c7c6c6ccccc6c45)cc3)cc2)cc1. The summed E-state index contributed by atoms with van der Waals surface area (Å²) in [5, 5.41) is 12.1. The topological polar surface area (TPSA) is 16.4 Å². The van der Waals surface area contributed by atoms with Gasteiger partial charge in [-0.2, -0.15) is 0 Å². The van der Waals surface area contributed by atoms with E-state index < -0.39 is 0 Å². The van der Waals surface area contributed by atoms with Crippen molar-refractivity contribution in [2.45, 2.75) is 0 Å². The Bertz CT molecular complexity index is 3160. The van der Waals surface area contributed by atoms with E-state index >= 15 is 0 Å². The number of anilines is 3. The van der Waals surface area contributed by atoms with Crippen molar-refractivity contribution in [1.82, 2.24) is 0 Å². The van der Waals surface area contributed by atoms with Crippen LogP contribution in [0.1, 0.15) is 0 Å². The number of hydrogen-bond donors (Lipinski definition) is 0. The van der Waals surface area contributed by atoms with Crippen LogP contribution in [0.2, 0.25) is 0 Å². The van der Waals surface area contributed by atoms with Gasteiger partial charge in [0.05, 0.1) is 11.4 Å². The quantitative estimate of drug-likeness (QED) is 0.168. The first-order valence-electron chi connectivity index (χ1n) is 18.5. The number of rotatable bonds is 5. The molecule has 0 unspecified atom stereocenters. The fraction of sp³-hybridized carbons (Fsp3) is 0. The van der Waals surface area contributed by atoms with E-state index in [2.05, 4.69) is 199 Å². The Labute approximate surface area is 312 Å². The van der Waals surface area contributed by atoms with Gasteiger partial charge in [-0.3, -0.25) is 0 Å². The van der Waals surface area contributed by atoms with Crippen molar-refractivity contribution < 1.29 is 4.42 Å². The molecule has 0 aliphatic heterocycles. The zero-order valence-electron chi connectivity index (χ0n) is 29.4. The standard InChI is InChI=1S/C52H33NO/c1-2-12-34(13-3-1)35-24-26-36(27-25-35)37-28-30-39(31-29-37)53(46-21-10-15-38-14-4-5-16-40(38)46)47-22-11-20-42-44-32-33-49-52(45-19-8-9-23-48(45)54-49)51(44)43-18-7-6-17-41(43)50(42)47/h1-33H. The Morgan fingerprint density at radius 2 is 0.778 bits per heavy atom. The largest absolute Gasteiger partial charge is 0.456 e. The summed E-state index contributed by atoms with van der Waals surface area (Å²) in [5.41, 5.74) is 10.0. The van der Waals surface area contributed by atoms with Crippen molar-refractivity contribution in [3.05, 3.63) is 200 Å². The highest BCUT2D eigenvalue weighted by Gasteiger charge is 2.22. The van der Waals surface area contributed by atoms with Crippen molar-refractivity contribution in [3.63, 3.8) is 0 Å². The molecule has 2 heteroatoms. The maximum absolute atomic E-state index is 6.40. The van der Waals surface area contributed by atoms with Crippen molar-refractivity contribution in [2.24, 2.45) is 0 Å². The average Bonchev–Trinajstić information content (AvgIpc) is 3.63. The normalized spacial score (nSPS) is 11.7. The third-order valence-corrected chi connectivity index (χ3v) is 11.0. The highest BCUT2D eigenvalue weighted by Crippen LogP contribution is 2.48. The van der Waals surface area contributed by atoms with E-state index in [4.69, 9.17) is 4.42 Å². The molecule has 252 valence electrons. The third kappa shape index (κ3) is 4.74. The summed E-state index contributed by atoms with van der Waals surface area (Å²) >= 11 is 0. The van der Waals surface area contributed by atoms with Crippen LogP contribution in [0.5, 0.6) is 0 Å². The lowest BCUT2D eigenvalue weighted by atomic mass is 9.90. The number of para-hydroxylation sites is 1. The molecule has 0 atom stereocenters.